The molecular weight excluding hydrogens is 446 g/mol. The molecule has 0 radical (unpaired) electrons. The largest absolute Gasteiger partial charge is 0.493 e. The molecule has 0 aliphatic carbocycles. The van der Waals surface area contributed by atoms with Crippen LogP contribution in [0, 0.1) is 0 Å². The first-order chi connectivity index (χ1) is 16.1. The van der Waals surface area contributed by atoms with Crippen molar-refractivity contribution in [1.82, 2.24) is 10.2 Å². The van der Waals surface area contributed by atoms with Gasteiger partial charge in [-0.2, -0.15) is 0 Å². The Bertz CT molecular complexity index is 1260. The van der Waals surface area contributed by atoms with E-state index in [0.717, 1.165) is 5.56 Å². The fraction of sp³-hybridized carbons (Fsp3) is 0.125. The van der Waals surface area contributed by atoms with E-state index in [0.29, 0.717) is 45.3 Å². The molecule has 0 fully saturated rings. The van der Waals surface area contributed by atoms with Crippen molar-refractivity contribution in [2.24, 2.45) is 0 Å². The smallest absolute Gasteiger partial charge is 0.259 e. The third-order valence-corrected chi connectivity index (χ3v) is 4.91. The predicted molar refractivity (Wildman–Crippen MR) is 123 cm³/mol. The van der Waals surface area contributed by atoms with E-state index < -0.39 is 0 Å². The molecule has 1 amide bonds. The van der Waals surface area contributed by atoms with Crippen molar-refractivity contribution in [1.29, 1.82) is 0 Å². The lowest BCUT2D eigenvalue weighted by Gasteiger charge is -2.13. The highest BCUT2D eigenvalue weighted by Gasteiger charge is 2.17. The van der Waals surface area contributed by atoms with Gasteiger partial charge in [-0.3, -0.25) is 4.79 Å². The molecule has 1 heterocycles. The molecular formula is C24H20ClN3O5. The van der Waals surface area contributed by atoms with E-state index in [-0.39, 0.29) is 12.5 Å². The third-order valence-electron chi connectivity index (χ3n) is 4.66. The lowest BCUT2D eigenvalue weighted by Crippen LogP contribution is -2.13. The van der Waals surface area contributed by atoms with Crippen LogP contribution in [0.25, 0.3) is 11.5 Å². The van der Waals surface area contributed by atoms with Crippen LogP contribution in [0.15, 0.2) is 71.1 Å². The van der Waals surface area contributed by atoms with Gasteiger partial charge < -0.3 is 23.9 Å². The maximum atomic E-state index is 12.8. The molecule has 0 aliphatic rings. The Labute approximate surface area is 195 Å². The average molecular weight is 466 g/mol. The van der Waals surface area contributed by atoms with E-state index in [1.54, 1.807) is 66.7 Å². The summed E-state index contributed by atoms with van der Waals surface area (Å²) in [5.41, 5.74) is 1.66. The first-order valence-corrected chi connectivity index (χ1v) is 10.3. The summed E-state index contributed by atoms with van der Waals surface area (Å²) < 4.78 is 22.0. The number of ether oxygens (including phenoxy) is 3. The second-order valence-electron chi connectivity index (χ2n) is 6.82. The minimum Gasteiger partial charge on any atom is -0.493 e. The van der Waals surface area contributed by atoms with Crippen molar-refractivity contribution in [3.63, 3.8) is 0 Å². The monoisotopic (exact) mass is 465 g/mol. The maximum Gasteiger partial charge on any atom is 0.259 e. The zero-order valence-corrected chi connectivity index (χ0v) is 18.6. The normalized spacial score (nSPS) is 10.5. The molecule has 33 heavy (non-hydrogen) atoms. The fourth-order valence-corrected chi connectivity index (χ4v) is 3.22. The van der Waals surface area contributed by atoms with Crippen LogP contribution >= 0.6 is 11.6 Å². The number of carbonyl (C=O) groups excluding carboxylic acids is 1. The van der Waals surface area contributed by atoms with Crippen molar-refractivity contribution < 1.29 is 23.4 Å². The van der Waals surface area contributed by atoms with Gasteiger partial charge in [-0.1, -0.05) is 23.7 Å². The Balaban J connectivity index is 1.42. The van der Waals surface area contributed by atoms with E-state index in [2.05, 4.69) is 15.5 Å². The van der Waals surface area contributed by atoms with E-state index in [4.69, 9.17) is 30.2 Å². The molecule has 0 aliphatic heterocycles. The van der Waals surface area contributed by atoms with Gasteiger partial charge in [0.1, 0.15) is 5.75 Å². The third kappa shape index (κ3) is 5.24. The standard InChI is InChI=1S/C24H20ClN3O5/c1-30-20-8-4-7-19(22(20)31-2)23(29)26-17-5-3-6-18(13-17)32-14-21-27-28-24(33-21)15-9-11-16(25)12-10-15/h3-13H,14H2,1-2H3,(H,26,29). The molecule has 0 unspecified atom stereocenters. The van der Waals surface area contributed by atoms with Crippen LogP contribution < -0.4 is 19.5 Å². The summed E-state index contributed by atoms with van der Waals surface area (Å²) in [5, 5.41) is 11.5. The molecule has 0 spiro atoms. The molecule has 1 aromatic heterocycles. The molecule has 4 aromatic rings. The summed E-state index contributed by atoms with van der Waals surface area (Å²) in [6, 6.07) is 19.2. The van der Waals surface area contributed by atoms with E-state index in [1.807, 2.05) is 0 Å². The van der Waals surface area contributed by atoms with Crippen molar-refractivity contribution in [2.75, 3.05) is 19.5 Å². The number of anilines is 1. The van der Waals surface area contributed by atoms with Crippen LogP contribution in [0.5, 0.6) is 17.2 Å². The van der Waals surface area contributed by atoms with Gasteiger partial charge in [-0.25, -0.2) is 0 Å². The number of hydrogen-bond acceptors (Lipinski definition) is 7. The van der Waals surface area contributed by atoms with Crippen LogP contribution in [0.4, 0.5) is 5.69 Å². The highest BCUT2D eigenvalue weighted by Crippen LogP contribution is 2.31. The molecule has 0 saturated carbocycles. The zero-order valence-electron chi connectivity index (χ0n) is 17.9. The number of carbonyl (C=O) groups is 1. The van der Waals surface area contributed by atoms with Gasteiger partial charge in [0.05, 0.1) is 19.8 Å². The molecule has 1 N–H and O–H groups in total. The number of halogens is 1. The van der Waals surface area contributed by atoms with E-state index in [9.17, 15) is 4.79 Å². The second kappa shape index (κ2) is 10.1. The minimum absolute atomic E-state index is 0.0711. The van der Waals surface area contributed by atoms with Crippen LogP contribution in [-0.4, -0.2) is 30.3 Å². The number of benzene rings is 3. The number of aromatic nitrogens is 2. The summed E-state index contributed by atoms with van der Waals surface area (Å²) >= 11 is 5.90. The zero-order chi connectivity index (χ0) is 23.2. The Hall–Kier alpha value is -4.04. The first-order valence-electron chi connectivity index (χ1n) is 9.91. The molecule has 8 nitrogen and oxygen atoms in total. The fourth-order valence-electron chi connectivity index (χ4n) is 3.09. The summed E-state index contributed by atoms with van der Waals surface area (Å²) in [7, 11) is 3.00. The average Bonchev–Trinajstić information content (AvgIpc) is 3.32. The number of amides is 1. The van der Waals surface area contributed by atoms with Crippen molar-refractivity contribution in [3.05, 3.63) is 83.2 Å². The van der Waals surface area contributed by atoms with Gasteiger partial charge in [-0.15, -0.1) is 10.2 Å². The van der Waals surface area contributed by atoms with Gasteiger partial charge in [-0.05, 0) is 48.5 Å². The van der Waals surface area contributed by atoms with Gasteiger partial charge in [0.25, 0.3) is 11.8 Å². The maximum absolute atomic E-state index is 12.8. The van der Waals surface area contributed by atoms with Gasteiger partial charge >= 0.3 is 0 Å². The van der Waals surface area contributed by atoms with Crippen LogP contribution in [0.3, 0.4) is 0 Å². The number of nitrogens with zero attached hydrogens (tertiary/aromatic N) is 2. The summed E-state index contributed by atoms with van der Waals surface area (Å²) in [6.45, 7) is 0.0711. The topological polar surface area (TPSA) is 95.7 Å². The van der Waals surface area contributed by atoms with E-state index >= 15 is 0 Å². The lowest BCUT2D eigenvalue weighted by molar-refractivity contribution is 0.102. The molecule has 0 saturated heterocycles. The highest BCUT2D eigenvalue weighted by atomic mass is 35.5. The minimum atomic E-state index is -0.340. The van der Waals surface area contributed by atoms with Crippen LogP contribution in [0.1, 0.15) is 16.2 Å². The number of hydrogen-bond donors (Lipinski definition) is 1. The second-order valence-corrected chi connectivity index (χ2v) is 7.26. The molecule has 4 rings (SSSR count). The summed E-state index contributed by atoms with van der Waals surface area (Å²) in [6.07, 6.45) is 0. The molecule has 0 bridgehead atoms. The highest BCUT2D eigenvalue weighted by molar-refractivity contribution is 6.30. The Morgan fingerprint density at radius 3 is 2.55 bits per heavy atom. The summed E-state index contributed by atoms with van der Waals surface area (Å²) in [4.78, 5) is 12.8. The molecule has 168 valence electrons. The molecule has 9 heteroatoms. The number of methoxy groups -OCH3 is 2. The van der Waals surface area contributed by atoms with Crippen LogP contribution in [-0.2, 0) is 6.61 Å². The SMILES string of the molecule is COc1cccc(C(=O)Nc2cccc(OCc3nnc(-c4ccc(Cl)cc4)o3)c2)c1OC. The first kappa shape index (κ1) is 22.2. The molecule has 3 aromatic carbocycles. The van der Waals surface area contributed by atoms with Crippen molar-refractivity contribution >= 4 is 23.2 Å². The van der Waals surface area contributed by atoms with Crippen molar-refractivity contribution in [3.8, 4) is 28.7 Å². The quantitative estimate of drug-likeness (QED) is 0.380. The van der Waals surface area contributed by atoms with Gasteiger partial charge in [0, 0.05) is 22.3 Å². The van der Waals surface area contributed by atoms with E-state index in [1.165, 1.54) is 14.2 Å². The van der Waals surface area contributed by atoms with Gasteiger partial charge in [0.15, 0.2) is 18.1 Å². The Kier molecular flexibility index (Phi) is 6.75. The Morgan fingerprint density at radius 1 is 1.00 bits per heavy atom. The van der Waals surface area contributed by atoms with Crippen molar-refractivity contribution in [2.45, 2.75) is 6.61 Å². The summed E-state index contributed by atoms with van der Waals surface area (Å²) in [5.74, 6) is 1.70. The lowest BCUT2D eigenvalue weighted by atomic mass is 10.1. The predicted octanol–water partition coefficient (Wildman–Crippen LogP) is 5.24. The Morgan fingerprint density at radius 2 is 1.79 bits per heavy atom. The number of rotatable bonds is 8. The van der Waals surface area contributed by atoms with Crippen LogP contribution in [0.2, 0.25) is 5.02 Å². The number of nitrogens with one attached hydrogen (secondary N) is 1. The molecule has 0 atom stereocenters. The van der Waals surface area contributed by atoms with Gasteiger partial charge in [0.2, 0.25) is 5.89 Å². The number of para-hydroxylation sites is 1.